The van der Waals surface area contributed by atoms with Crippen LogP contribution in [0.15, 0.2) is 115 Å². The molecule has 0 aliphatic heterocycles. The molecule has 0 atom stereocenters. The van der Waals surface area contributed by atoms with E-state index in [1.54, 1.807) is 0 Å². The number of fused-ring (bicyclic) bond motifs is 4. The highest BCUT2D eigenvalue weighted by Crippen LogP contribution is 2.43. The lowest BCUT2D eigenvalue weighted by molar-refractivity contribution is 1.02. The van der Waals surface area contributed by atoms with E-state index in [2.05, 4.69) is 127 Å². The molecule has 1 aromatic heterocycles. The van der Waals surface area contributed by atoms with Gasteiger partial charge in [0.2, 0.25) is 0 Å². The Morgan fingerprint density at radius 1 is 0.529 bits per heavy atom. The molecule has 2 heteroatoms. The van der Waals surface area contributed by atoms with E-state index in [0.717, 1.165) is 16.9 Å². The van der Waals surface area contributed by atoms with E-state index in [4.69, 9.17) is 4.98 Å². The van der Waals surface area contributed by atoms with Crippen LogP contribution in [-0.2, 0) is 0 Å². The first kappa shape index (κ1) is 19.1. The molecule has 34 heavy (non-hydrogen) atoms. The second-order valence-corrected chi connectivity index (χ2v) is 8.82. The first-order valence-electron chi connectivity index (χ1n) is 11.7. The number of aryl methyl sites for hydroxylation is 1. The Balaban J connectivity index is 1.71. The lowest BCUT2D eigenvalue weighted by Gasteiger charge is -2.20. The molecule has 7 rings (SSSR count). The zero-order valence-electron chi connectivity index (χ0n) is 18.9. The summed E-state index contributed by atoms with van der Waals surface area (Å²) in [6, 6.07) is 41.3. The van der Waals surface area contributed by atoms with E-state index in [-0.39, 0.29) is 0 Å². The molecule has 0 unspecified atom stereocenters. The molecule has 0 fully saturated rings. The van der Waals surface area contributed by atoms with Gasteiger partial charge in [-0.05, 0) is 51.7 Å². The van der Waals surface area contributed by atoms with Crippen molar-refractivity contribution in [2.75, 3.05) is 0 Å². The number of para-hydroxylation sites is 2. The summed E-state index contributed by atoms with van der Waals surface area (Å²) in [6.45, 7) is 2.10. The van der Waals surface area contributed by atoms with Gasteiger partial charge in [-0.3, -0.25) is 4.57 Å². The van der Waals surface area contributed by atoms with Crippen molar-refractivity contribution < 1.29 is 0 Å². The molecule has 2 nitrogen and oxygen atoms in total. The molecule has 0 aliphatic rings. The van der Waals surface area contributed by atoms with Gasteiger partial charge in [-0.15, -0.1) is 0 Å². The SMILES string of the molecule is Cc1nc2ccccc2n1-c1c2ccccc2c(-c2cccc3ccccc23)c2ccccc12. The van der Waals surface area contributed by atoms with Crippen molar-refractivity contribution in [1.82, 2.24) is 9.55 Å². The van der Waals surface area contributed by atoms with Crippen LogP contribution in [-0.4, -0.2) is 9.55 Å². The fraction of sp³-hybridized carbons (Fsp3) is 0.0312. The summed E-state index contributed by atoms with van der Waals surface area (Å²) in [7, 11) is 0. The lowest BCUT2D eigenvalue weighted by atomic mass is 9.88. The van der Waals surface area contributed by atoms with Gasteiger partial charge in [0.1, 0.15) is 5.82 Å². The van der Waals surface area contributed by atoms with Crippen molar-refractivity contribution in [3.05, 3.63) is 121 Å². The van der Waals surface area contributed by atoms with E-state index >= 15 is 0 Å². The highest BCUT2D eigenvalue weighted by atomic mass is 15.1. The number of benzene rings is 6. The summed E-state index contributed by atoms with van der Waals surface area (Å²) in [5.41, 5.74) is 5.90. The van der Waals surface area contributed by atoms with Crippen LogP contribution in [0.2, 0.25) is 0 Å². The minimum atomic E-state index is 0.995. The second-order valence-electron chi connectivity index (χ2n) is 8.82. The van der Waals surface area contributed by atoms with Crippen molar-refractivity contribution in [2.45, 2.75) is 6.92 Å². The summed E-state index contributed by atoms with van der Waals surface area (Å²) < 4.78 is 2.33. The third-order valence-corrected chi connectivity index (χ3v) is 6.91. The molecule has 0 saturated carbocycles. The number of rotatable bonds is 2. The van der Waals surface area contributed by atoms with Gasteiger partial charge in [0.05, 0.1) is 16.7 Å². The summed E-state index contributed by atoms with van der Waals surface area (Å²) in [6.07, 6.45) is 0. The normalized spacial score (nSPS) is 11.7. The fourth-order valence-corrected chi connectivity index (χ4v) is 5.51. The van der Waals surface area contributed by atoms with Gasteiger partial charge in [0.15, 0.2) is 0 Å². The van der Waals surface area contributed by atoms with Gasteiger partial charge in [0.25, 0.3) is 0 Å². The van der Waals surface area contributed by atoms with E-state index < -0.39 is 0 Å². The Kier molecular flexibility index (Phi) is 4.09. The van der Waals surface area contributed by atoms with Crippen LogP contribution in [0.4, 0.5) is 0 Å². The standard InChI is InChI=1S/C32H22N2/c1-21-33-29-19-8-9-20-30(29)34(21)32-27-16-6-4-14-25(27)31(26-15-5-7-17-28(26)32)24-18-10-12-22-11-2-3-13-23(22)24/h2-20H,1H3. The predicted octanol–water partition coefficient (Wildman–Crippen LogP) is 8.46. The molecule has 0 bridgehead atoms. The monoisotopic (exact) mass is 434 g/mol. The molecule has 7 aromatic rings. The Morgan fingerprint density at radius 2 is 1.09 bits per heavy atom. The number of imidazole rings is 1. The Hall–Kier alpha value is -4.43. The Labute approximate surface area is 197 Å². The number of nitrogens with zero attached hydrogens (tertiary/aromatic N) is 2. The summed E-state index contributed by atoms with van der Waals surface area (Å²) in [5.74, 6) is 0.995. The number of aromatic nitrogens is 2. The van der Waals surface area contributed by atoms with Crippen LogP contribution in [0.3, 0.4) is 0 Å². The third-order valence-electron chi connectivity index (χ3n) is 6.91. The minimum absolute atomic E-state index is 0.995. The molecule has 6 aromatic carbocycles. The summed E-state index contributed by atoms with van der Waals surface area (Å²) in [4.78, 5) is 4.89. The van der Waals surface area contributed by atoms with E-state index in [1.165, 1.54) is 49.1 Å². The molecular formula is C32H22N2. The van der Waals surface area contributed by atoms with Gasteiger partial charge < -0.3 is 0 Å². The van der Waals surface area contributed by atoms with Crippen molar-refractivity contribution in [3.63, 3.8) is 0 Å². The maximum absolute atomic E-state index is 4.89. The average molecular weight is 435 g/mol. The second kappa shape index (κ2) is 7.29. The summed E-state index contributed by atoms with van der Waals surface area (Å²) >= 11 is 0. The molecule has 1 heterocycles. The van der Waals surface area contributed by atoms with Crippen molar-refractivity contribution >= 4 is 43.4 Å². The molecule has 0 saturated heterocycles. The first-order chi connectivity index (χ1) is 16.8. The minimum Gasteiger partial charge on any atom is -0.295 e. The molecule has 0 spiro atoms. The van der Waals surface area contributed by atoms with Crippen LogP contribution < -0.4 is 0 Å². The zero-order chi connectivity index (χ0) is 22.6. The molecule has 160 valence electrons. The van der Waals surface area contributed by atoms with Crippen molar-refractivity contribution in [3.8, 4) is 16.8 Å². The molecular weight excluding hydrogens is 412 g/mol. The Bertz CT molecular complexity index is 1810. The molecule has 0 N–H and O–H groups in total. The van der Waals surface area contributed by atoms with Gasteiger partial charge in [-0.2, -0.15) is 0 Å². The van der Waals surface area contributed by atoms with Gasteiger partial charge in [-0.25, -0.2) is 4.98 Å². The van der Waals surface area contributed by atoms with E-state index in [9.17, 15) is 0 Å². The summed E-state index contributed by atoms with van der Waals surface area (Å²) in [5, 5.41) is 7.51. The van der Waals surface area contributed by atoms with Crippen LogP contribution >= 0.6 is 0 Å². The third kappa shape index (κ3) is 2.66. The number of hydrogen-bond donors (Lipinski definition) is 0. The maximum atomic E-state index is 4.89. The average Bonchev–Trinajstić information content (AvgIpc) is 3.22. The van der Waals surface area contributed by atoms with Crippen molar-refractivity contribution in [2.24, 2.45) is 0 Å². The predicted molar refractivity (Wildman–Crippen MR) is 144 cm³/mol. The van der Waals surface area contributed by atoms with E-state index in [0.29, 0.717) is 0 Å². The zero-order valence-corrected chi connectivity index (χ0v) is 18.9. The molecule has 0 amide bonds. The van der Waals surface area contributed by atoms with Crippen molar-refractivity contribution in [1.29, 1.82) is 0 Å². The highest BCUT2D eigenvalue weighted by molar-refractivity contribution is 6.21. The van der Waals surface area contributed by atoms with Crippen LogP contribution in [0, 0.1) is 6.92 Å². The van der Waals surface area contributed by atoms with E-state index in [1.807, 2.05) is 0 Å². The molecule has 0 aliphatic carbocycles. The smallest absolute Gasteiger partial charge is 0.111 e. The quantitative estimate of drug-likeness (QED) is 0.250. The Morgan fingerprint density at radius 3 is 1.82 bits per heavy atom. The van der Waals surface area contributed by atoms with Crippen LogP contribution in [0.25, 0.3) is 60.2 Å². The fourth-order valence-electron chi connectivity index (χ4n) is 5.51. The highest BCUT2D eigenvalue weighted by Gasteiger charge is 2.20. The largest absolute Gasteiger partial charge is 0.295 e. The first-order valence-corrected chi connectivity index (χ1v) is 11.7. The van der Waals surface area contributed by atoms with Crippen LogP contribution in [0.5, 0.6) is 0 Å². The maximum Gasteiger partial charge on any atom is 0.111 e. The lowest BCUT2D eigenvalue weighted by Crippen LogP contribution is -2.01. The molecule has 0 radical (unpaired) electrons. The van der Waals surface area contributed by atoms with Gasteiger partial charge in [-0.1, -0.05) is 103 Å². The van der Waals surface area contributed by atoms with Crippen LogP contribution in [0.1, 0.15) is 5.82 Å². The topological polar surface area (TPSA) is 17.8 Å². The number of hydrogen-bond acceptors (Lipinski definition) is 1. The van der Waals surface area contributed by atoms with Gasteiger partial charge in [0, 0.05) is 10.8 Å². The van der Waals surface area contributed by atoms with Gasteiger partial charge >= 0.3 is 0 Å².